The van der Waals surface area contributed by atoms with Crippen molar-refractivity contribution in [1.29, 1.82) is 0 Å². The molecule has 1 saturated heterocycles. The van der Waals surface area contributed by atoms with Gasteiger partial charge >= 0.3 is 0 Å². The topological polar surface area (TPSA) is 58.4 Å². The minimum atomic E-state index is -0.712. The Morgan fingerprint density at radius 3 is 2.44 bits per heavy atom. The summed E-state index contributed by atoms with van der Waals surface area (Å²) in [7, 11) is 3.52. The maximum atomic E-state index is 12.9. The molecule has 0 N–H and O–H groups in total. The van der Waals surface area contributed by atoms with Crippen LogP contribution in [-0.4, -0.2) is 58.6 Å². The second-order valence-corrected chi connectivity index (χ2v) is 6.84. The van der Waals surface area contributed by atoms with Crippen molar-refractivity contribution in [2.75, 3.05) is 27.2 Å². The standard InChI is InChI=1S/C19H24N4O2/c1-15-6-4-7-16(14-15)17(24)22-12-8-19(9-13-22,18(25)21(2)3)23-11-5-10-20-23/h4-7,10-11,14H,8-9,12-13H2,1-3H3. The molecule has 0 bridgehead atoms. The van der Waals surface area contributed by atoms with E-state index in [0.717, 1.165) is 5.56 Å². The van der Waals surface area contributed by atoms with E-state index in [1.165, 1.54) is 0 Å². The normalized spacial score (nSPS) is 16.5. The zero-order valence-electron chi connectivity index (χ0n) is 15.0. The molecule has 6 nitrogen and oxygen atoms in total. The number of amides is 2. The van der Waals surface area contributed by atoms with Gasteiger partial charge in [0.25, 0.3) is 5.91 Å². The lowest BCUT2D eigenvalue weighted by atomic mass is 9.86. The summed E-state index contributed by atoms with van der Waals surface area (Å²) in [6.07, 6.45) is 4.64. The molecule has 132 valence electrons. The van der Waals surface area contributed by atoms with Crippen molar-refractivity contribution in [3.63, 3.8) is 0 Å². The SMILES string of the molecule is Cc1cccc(C(=O)N2CCC(C(=O)N(C)C)(n3cccn3)CC2)c1. The smallest absolute Gasteiger partial charge is 0.253 e. The lowest BCUT2D eigenvalue weighted by Crippen LogP contribution is -2.55. The van der Waals surface area contributed by atoms with Crippen LogP contribution < -0.4 is 0 Å². The summed E-state index contributed by atoms with van der Waals surface area (Å²) >= 11 is 0. The maximum Gasteiger partial charge on any atom is 0.253 e. The number of carbonyl (C=O) groups is 2. The lowest BCUT2D eigenvalue weighted by molar-refractivity contribution is -0.141. The Hall–Kier alpha value is -2.63. The van der Waals surface area contributed by atoms with E-state index < -0.39 is 5.54 Å². The number of aromatic nitrogens is 2. The van der Waals surface area contributed by atoms with E-state index in [1.54, 1.807) is 29.9 Å². The third kappa shape index (κ3) is 3.16. The number of benzene rings is 1. The number of rotatable bonds is 3. The van der Waals surface area contributed by atoms with Gasteiger partial charge < -0.3 is 9.80 Å². The van der Waals surface area contributed by atoms with Crippen LogP contribution in [0.1, 0.15) is 28.8 Å². The van der Waals surface area contributed by atoms with E-state index in [9.17, 15) is 9.59 Å². The van der Waals surface area contributed by atoms with E-state index in [2.05, 4.69) is 5.10 Å². The monoisotopic (exact) mass is 340 g/mol. The van der Waals surface area contributed by atoms with E-state index in [4.69, 9.17) is 0 Å². The summed E-state index contributed by atoms with van der Waals surface area (Å²) in [4.78, 5) is 29.1. The second kappa shape index (κ2) is 6.70. The largest absolute Gasteiger partial charge is 0.347 e. The molecule has 6 heteroatoms. The highest BCUT2D eigenvalue weighted by molar-refractivity contribution is 5.94. The molecule has 0 spiro atoms. The van der Waals surface area contributed by atoms with E-state index >= 15 is 0 Å². The molecule has 2 aromatic rings. The third-order valence-electron chi connectivity index (χ3n) is 4.89. The second-order valence-electron chi connectivity index (χ2n) is 6.84. The van der Waals surface area contributed by atoms with Crippen molar-refractivity contribution in [2.24, 2.45) is 0 Å². The minimum Gasteiger partial charge on any atom is -0.347 e. The number of likely N-dealkylation sites (tertiary alicyclic amines) is 1. The Kier molecular flexibility index (Phi) is 4.61. The first-order chi connectivity index (χ1) is 11.9. The first-order valence-corrected chi connectivity index (χ1v) is 8.52. The fourth-order valence-corrected chi connectivity index (χ4v) is 3.52. The van der Waals surface area contributed by atoms with Crippen LogP contribution in [0.2, 0.25) is 0 Å². The van der Waals surface area contributed by atoms with Crippen molar-refractivity contribution >= 4 is 11.8 Å². The highest BCUT2D eigenvalue weighted by atomic mass is 16.2. The molecule has 1 aliphatic heterocycles. The Bertz CT molecular complexity index is 759. The molecule has 0 aliphatic carbocycles. The van der Waals surface area contributed by atoms with Crippen LogP contribution in [0.4, 0.5) is 0 Å². The highest BCUT2D eigenvalue weighted by Crippen LogP contribution is 2.32. The minimum absolute atomic E-state index is 0.0232. The average Bonchev–Trinajstić information content (AvgIpc) is 3.15. The molecule has 1 aliphatic rings. The van der Waals surface area contributed by atoms with Gasteiger partial charge in [-0.3, -0.25) is 14.3 Å². The van der Waals surface area contributed by atoms with Gasteiger partial charge in [-0.1, -0.05) is 17.7 Å². The van der Waals surface area contributed by atoms with Gasteiger partial charge in [0.1, 0.15) is 5.54 Å². The predicted molar refractivity (Wildman–Crippen MR) is 95.2 cm³/mol. The summed E-state index contributed by atoms with van der Waals surface area (Å²) in [5, 5.41) is 4.32. The highest BCUT2D eigenvalue weighted by Gasteiger charge is 2.45. The van der Waals surface area contributed by atoms with Crippen LogP contribution in [0.25, 0.3) is 0 Å². The van der Waals surface area contributed by atoms with Crippen LogP contribution in [0, 0.1) is 6.92 Å². The number of piperidine rings is 1. The molecule has 2 heterocycles. The summed E-state index contributed by atoms with van der Waals surface area (Å²) in [5.41, 5.74) is 1.05. The summed E-state index contributed by atoms with van der Waals surface area (Å²) in [5.74, 6) is 0.0499. The Labute approximate surface area is 148 Å². The number of hydrogen-bond donors (Lipinski definition) is 0. The molecule has 0 saturated carbocycles. The quantitative estimate of drug-likeness (QED) is 0.858. The molecule has 0 unspecified atom stereocenters. The van der Waals surface area contributed by atoms with Crippen LogP contribution >= 0.6 is 0 Å². The molecule has 1 aromatic heterocycles. The predicted octanol–water partition coefficient (Wildman–Crippen LogP) is 1.91. The Balaban J connectivity index is 1.81. The molecule has 2 amide bonds. The third-order valence-corrected chi connectivity index (χ3v) is 4.89. The fourth-order valence-electron chi connectivity index (χ4n) is 3.52. The molecule has 1 aromatic carbocycles. The lowest BCUT2D eigenvalue weighted by Gasteiger charge is -2.42. The molecule has 0 radical (unpaired) electrons. The van der Waals surface area contributed by atoms with E-state index in [0.29, 0.717) is 31.5 Å². The van der Waals surface area contributed by atoms with Crippen LogP contribution in [-0.2, 0) is 10.3 Å². The first kappa shape index (κ1) is 17.2. The molecular formula is C19H24N4O2. The summed E-state index contributed by atoms with van der Waals surface area (Å²) < 4.78 is 1.75. The zero-order chi connectivity index (χ0) is 18.0. The van der Waals surface area contributed by atoms with Gasteiger partial charge in [0.05, 0.1) is 0 Å². The van der Waals surface area contributed by atoms with Crippen LogP contribution in [0.15, 0.2) is 42.7 Å². The fraction of sp³-hybridized carbons (Fsp3) is 0.421. The van der Waals surface area contributed by atoms with Crippen molar-refractivity contribution in [3.8, 4) is 0 Å². The van der Waals surface area contributed by atoms with Crippen molar-refractivity contribution in [2.45, 2.75) is 25.3 Å². The number of carbonyl (C=O) groups excluding carboxylic acids is 2. The number of nitrogens with zero attached hydrogens (tertiary/aromatic N) is 4. The molecule has 3 rings (SSSR count). The van der Waals surface area contributed by atoms with E-state index in [-0.39, 0.29) is 11.8 Å². The van der Waals surface area contributed by atoms with Gasteiger partial charge in [-0.2, -0.15) is 5.10 Å². The molecule has 0 atom stereocenters. The van der Waals surface area contributed by atoms with Gasteiger partial charge in [0.2, 0.25) is 5.91 Å². The van der Waals surface area contributed by atoms with Gasteiger partial charge in [-0.05, 0) is 38.0 Å². The zero-order valence-corrected chi connectivity index (χ0v) is 15.0. The number of likely N-dealkylation sites (N-methyl/N-ethyl adjacent to an activating group) is 1. The number of aryl methyl sites for hydroxylation is 1. The van der Waals surface area contributed by atoms with Gasteiger partial charge in [0.15, 0.2) is 0 Å². The van der Waals surface area contributed by atoms with Crippen molar-refractivity contribution in [3.05, 3.63) is 53.9 Å². The van der Waals surface area contributed by atoms with Crippen molar-refractivity contribution < 1.29 is 9.59 Å². The van der Waals surface area contributed by atoms with Gasteiger partial charge in [-0.15, -0.1) is 0 Å². The van der Waals surface area contributed by atoms with Gasteiger partial charge in [-0.25, -0.2) is 0 Å². The summed E-state index contributed by atoms with van der Waals surface area (Å²) in [6.45, 7) is 3.05. The maximum absolute atomic E-state index is 12.9. The average molecular weight is 340 g/mol. The van der Waals surface area contributed by atoms with Crippen molar-refractivity contribution in [1.82, 2.24) is 19.6 Å². The first-order valence-electron chi connectivity index (χ1n) is 8.52. The summed E-state index contributed by atoms with van der Waals surface area (Å²) in [6, 6.07) is 9.45. The van der Waals surface area contributed by atoms with Gasteiger partial charge in [0, 0.05) is 45.1 Å². The molecular weight excluding hydrogens is 316 g/mol. The van der Waals surface area contributed by atoms with E-state index in [1.807, 2.05) is 48.4 Å². The number of hydrogen-bond acceptors (Lipinski definition) is 3. The van der Waals surface area contributed by atoms with Crippen LogP contribution in [0.5, 0.6) is 0 Å². The van der Waals surface area contributed by atoms with Crippen LogP contribution in [0.3, 0.4) is 0 Å². The Morgan fingerprint density at radius 1 is 1.16 bits per heavy atom. The molecule has 25 heavy (non-hydrogen) atoms. The Morgan fingerprint density at radius 2 is 1.88 bits per heavy atom. The molecule has 1 fully saturated rings.